The van der Waals surface area contributed by atoms with Crippen LogP contribution in [0.4, 0.5) is 0 Å². The molecular formula is C18H25N3O2. The lowest BCUT2D eigenvalue weighted by Gasteiger charge is -2.22. The van der Waals surface area contributed by atoms with Gasteiger partial charge in [0, 0.05) is 6.54 Å². The third-order valence-electron chi connectivity index (χ3n) is 3.50. The highest BCUT2D eigenvalue weighted by molar-refractivity contribution is 5.79. The predicted molar refractivity (Wildman–Crippen MR) is 92.3 cm³/mol. The van der Waals surface area contributed by atoms with Gasteiger partial charge in [0.15, 0.2) is 5.96 Å². The number of nitrogens with one attached hydrogen (secondary N) is 2. The quantitative estimate of drug-likeness (QED) is 0.566. The smallest absolute Gasteiger partial charge is 0.191 e. The Morgan fingerprint density at radius 2 is 2.09 bits per heavy atom. The molecule has 0 amide bonds. The van der Waals surface area contributed by atoms with Crippen LogP contribution in [-0.2, 0) is 12.1 Å². The summed E-state index contributed by atoms with van der Waals surface area (Å²) in [6.45, 7) is 7.43. The Kier molecular flexibility index (Phi) is 5.82. The summed E-state index contributed by atoms with van der Waals surface area (Å²) in [7, 11) is 0. The fraction of sp³-hybridized carbons (Fsp3) is 0.389. The molecule has 1 aromatic heterocycles. The molecule has 1 heterocycles. The molecule has 5 nitrogen and oxygen atoms in total. The Hall–Kier alpha value is -2.27. The first kappa shape index (κ1) is 17.1. The van der Waals surface area contributed by atoms with Gasteiger partial charge in [0.05, 0.1) is 19.4 Å². The first-order valence-electron chi connectivity index (χ1n) is 7.85. The number of rotatable bonds is 6. The van der Waals surface area contributed by atoms with Crippen LogP contribution < -0.4 is 10.6 Å². The fourth-order valence-electron chi connectivity index (χ4n) is 2.25. The van der Waals surface area contributed by atoms with E-state index in [0.717, 1.165) is 12.1 Å². The average molecular weight is 315 g/mol. The number of guanidine groups is 1. The van der Waals surface area contributed by atoms with Crippen LogP contribution in [-0.4, -0.2) is 24.2 Å². The van der Waals surface area contributed by atoms with E-state index in [2.05, 4.69) is 40.7 Å². The largest absolute Gasteiger partial charge is 0.466 e. The van der Waals surface area contributed by atoms with Crippen molar-refractivity contribution in [2.45, 2.75) is 32.9 Å². The van der Waals surface area contributed by atoms with Crippen molar-refractivity contribution in [1.82, 2.24) is 10.6 Å². The second kappa shape index (κ2) is 7.83. The van der Waals surface area contributed by atoms with Gasteiger partial charge in [-0.1, -0.05) is 29.8 Å². The Morgan fingerprint density at radius 3 is 2.74 bits per heavy atom. The van der Waals surface area contributed by atoms with Gasteiger partial charge in [-0.2, -0.15) is 0 Å². The van der Waals surface area contributed by atoms with Gasteiger partial charge in [0.1, 0.15) is 11.4 Å². The zero-order valence-corrected chi connectivity index (χ0v) is 14.0. The standard InChI is InChI=1S/C18H25N3O2/c1-4-19-17(20-12-15-8-5-7-14(2)11-15)21-13-18(3,22)16-9-6-10-23-16/h5-11,22H,4,12-13H2,1-3H3,(H2,19,20,21). The van der Waals surface area contributed by atoms with E-state index < -0.39 is 5.60 Å². The van der Waals surface area contributed by atoms with Crippen LogP contribution in [0.15, 0.2) is 52.1 Å². The molecule has 0 spiro atoms. The Labute approximate surface area is 137 Å². The molecule has 0 bridgehead atoms. The monoisotopic (exact) mass is 315 g/mol. The summed E-state index contributed by atoms with van der Waals surface area (Å²) in [5, 5.41) is 16.8. The van der Waals surface area contributed by atoms with E-state index in [1.165, 1.54) is 5.56 Å². The maximum Gasteiger partial charge on any atom is 0.191 e. The molecule has 0 aliphatic rings. The van der Waals surface area contributed by atoms with Crippen LogP contribution in [0.5, 0.6) is 0 Å². The van der Waals surface area contributed by atoms with Crippen molar-refractivity contribution in [2.24, 2.45) is 4.99 Å². The molecule has 1 aromatic carbocycles. The molecule has 0 radical (unpaired) electrons. The molecule has 2 aromatic rings. The highest BCUT2D eigenvalue weighted by atomic mass is 16.4. The summed E-state index contributed by atoms with van der Waals surface area (Å²) in [5.74, 6) is 1.19. The third-order valence-corrected chi connectivity index (χ3v) is 3.50. The minimum Gasteiger partial charge on any atom is -0.466 e. The van der Waals surface area contributed by atoms with Crippen molar-refractivity contribution >= 4 is 5.96 Å². The molecule has 0 aliphatic heterocycles. The maximum atomic E-state index is 10.5. The SMILES string of the molecule is CCNC(=NCc1cccc(C)c1)NCC(C)(O)c1ccco1. The summed E-state index contributed by atoms with van der Waals surface area (Å²) >= 11 is 0. The molecule has 0 saturated heterocycles. The van der Waals surface area contributed by atoms with Gasteiger partial charge in [-0.05, 0) is 38.5 Å². The molecule has 23 heavy (non-hydrogen) atoms. The number of hydrogen-bond donors (Lipinski definition) is 3. The van der Waals surface area contributed by atoms with Crippen LogP contribution in [0.1, 0.15) is 30.7 Å². The van der Waals surface area contributed by atoms with E-state index in [1.807, 2.05) is 13.0 Å². The molecule has 3 N–H and O–H groups in total. The number of aryl methyl sites for hydroxylation is 1. The summed E-state index contributed by atoms with van der Waals surface area (Å²) in [6, 6.07) is 11.8. The first-order valence-corrected chi connectivity index (χ1v) is 7.85. The van der Waals surface area contributed by atoms with Gasteiger partial charge in [-0.25, -0.2) is 4.99 Å². The lowest BCUT2D eigenvalue weighted by molar-refractivity contribution is 0.0386. The number of aliphatic imine (C=N–C) groups is 1. The minimum absolute atomic E-state index is 0.306. The molecule has 0 aliphatic carbocycles. The molecular weight excluding hydrogens is 290 g/mol. The maximum absolute atomic E-state index is 10.5. The van der Waals surface area contributed by atoms with E-state index in [9.17, 15) is 5.11 Å². The van der Waals surface area contributed by atoms with Crippen LogP contribution in [0, 0.1) is 6.92 Å². The zero-order chi connectivity index (χ0) is 16.7. The van der Waals surface area contributed by atoms with E-state index >= 15 is 0 Å². The Morgan fingerprint density at radius 1 is 1.26 bits per heavy atom. The molecule has 2 rings (SSSR count). The number of nitrogens with zero attached hydrogens (tertiary/aromatic N) is 1. The molecule has 0 saturated carbocycles. The molecule has 1 unspecified atom stereocenters. The van der Waals surface area contributed by atoms with Crippen LogP contribution in [0.25, 0.3) is 0 Å². The highest BCUT2D eigenvalue weighted by Crippen LogP contribution is 2.19. The lowest BCUT2D eigenvalue weighted by Crippen LogP contribution is -2.44. The highest BCUT2D eigenvalue weighted by Gasteiger charge is 2.26. The fourth-order valence-corrected chi connectivity index (χ4v) is 2.25. The van der Waals surface area contributed by atoms with Crippen molar-refractivity contribution in [3.63, 3.8) is 0 Å². The van der Waals surface area contributed by atoms with E-state index in [1.54, 1.807) is 25.3 Å². The van der Waals surface area contributed by atoms with Crippen molar-refractivity contribution in [3.8, 4) is 0 Å². The topological polar surface area (TPSA) is 69.8 Å². The van der Waals surface area contributed by atoms with Crippen molar-refractivity contribution < 1.29 is 9.52 Å². The Balaban J connectivity index is 1.99. The normalized spacial score (nSPS) is 14.3. The van der Waals surface area contributed by atoms with Gasteiger partial charge in [0.25, 0.3) is 0 Å². The molecule has 1 atom stereocenters. The first-order chi connectivity index (χ1) is 11.0. The third kappa shape index (κ3) is 5.14. The van der Waals surface area contributed by atoms with Crippen LogP contribution in [0.2, 0.25) is 0 Å². The lowest BCUT2D eigenvalue weighted by atomic mass is 10.0. The second-order valence-corrected chi connectivity index (χ2v) is 5.79. The van der Waals surface area contributed by atoms with Crippen molar-refractivity contribution in [2.75, 3.05) is 13.1 Å². The van der Waals surface area contributed by atoms with Crippen molar-refractivity contribution in [3.05, 3.63) is 59.5 Å². The summed E-state index contributed by atoms with van der Waals surface area (Å²) in [4.78, 5) is 4.56. The number of benzene rings is 1. The van der Waals surface area contributed by atoms with Gasteiger partial charge < -0.3 is 20.2 Å². The van der Waals surface area contributed by atoms with Gasteiger partial charge in [-0.3, -0.25) is 0 Å². The van der Waals surface area contributed by atoms with Crippen LogP contribution >= 0.6 is 0 Å². The number of hydrogen-bond acceptors (Lipinski definition) is 3. The van der Waals surface area contributed by atoms with Crippen molar-refractivity contribution in [1.29, 1.82) is 0 Å². The molecule has 124 valence electrons. The van der Waals surface area contributed by atoms with E-state index in [4.69, 9.17) is 4.42 Å². The van der Waals surface area contributed by atoms with Gasteiger partial charge >= 0.3 is 0 Å². The molecule has 5 heteroatoms. The Bertz CT molecular complexity index is 633. The summed E-state index contributed by atoms with van der Waals surface area (Å²) in [6.07, 6.45) is 1.56. The summed E-state index contributed by atoms with van der Waals surface area (Å²) < 4.78 is 5.28. The minimum atomic E-state index is -1.09. The van der Waals surface area contributed by atoms with Crippen LogP contribution in [0.3, 0.4) is 0 Å². The van der Waals surface area contributed by atoms with E-state index in [-0.39, 0.29) is 0 Å². The van der Waals surface area contributed by atoms with Gasteiger partial charge in [-0.15, -0.1) is 0 Å². The average Bonchev–Trinajstić information content (AvgIpc) is 3.05. The zero-order valence-electron chi connectivity index (χ0n) is 14.0. The van der Waals surface area contributed by atoms with Gasteiger partial charge in [0.2, 0.25) is 0 Å². The molecule has 0 fully saturated rings. The predicted octanol–water partition coefficient (Wildman–Crippen LogP) is 2.55. The summed E-state index contributed by atoms with van der Waals surface area (Å²) in [5.41, 5.74) is 1.28. The number of furan rings is 1. The number of aliphatic hydroxyl groups is 1. The second-order valence-electron chi connectivity index (χ2n) is 5.79. The van der Waals surface area contributed by atoms with E-state index in [0.29, 0.717) is 24.8 Å².